The minimum atomic E-state index is -1.13. The average molecular weight is 277 g/mol. The summed E-state index contributed by atoms with van der Waals surface area (Å²) >= 11 is 0. The van der Waals surface area contributed by atoms with Gasteiger partial charge in [0, 0.05) is 13.1 Å². The van der Waals surface area contributed by atoms with Crippen LogP contribution in [0.15, 0.2) is 18.2 Å². The number of piperazine rings is 1. The molecule has 1 aliphatic heterocycles. The Kier molecular flexibility index (Phi) is 3.84. The van der Waals surface area contributed by atoms with Crippen molar-refractivity contribution in [1.29, 1.82) is 5.26 Å². The maximum Gasteiger partial charge on any atom is 0.305 e. The summed E-state index contributed by atoms with van der Waals surface area (Å²) < 4.78 is 13.6. The molecular formula is C13H12FN3O3. The Morgan fingerprint density at radius 3 is 3.00 bits per heavy atom. The predicted molar refractivity (Wildman–Crippen MR) is 67.5 cm³/mol. The highest BCUT2D eigenvalue weighted by Crippen LogP contribution is 2.26. The van der Waals surface area contributed by atoms with Gasteiger partial charge in [-0.1, -0.05) is 6.07 Å². The van der Waals surface area contributed by atoms with Crippen LogP contribution in [0, 0.1) is 17.1 Å². The molecule has 1 atom stereocenters. The molecule has 0 aliphatic carbocycles. The molecule has 1 aromatic rings. The van der Waals surface area contributed by atoms with Crippen LogP contribution in [0.1, 0.15) is 12.0 Å². The fourth-order valence-corrected chi connectivity index (χ4v) is 2.23. The molecule has 1 fully saturated rings. The highest BCUT2D eigenvalue weighted by Gasteiger charge is 2.33. The fourth-order valence-electron chi connectivity index (χ4n) is 2.23. The number of nitriles is 1. The van der Waals surface area contributed by atoms with Gasteiger partial charge in [-0.2, -0.15) is 5.26 Å². The number of aliphatic carboxylic acids is 1. The zero-order valence-electron chi connectivity index (χ0n) is 10.5. The number of carboxylic acid groups (broad SMARTS) is 1. The van der Waals surface area contributed by atoms with Crippen molar-refractivity contribution in [3.63, 3.8) is 0 Å². The molecule has 0 spiro atoms. The molecule has 1 unspecified atom stereocenters. The van der Waals surface area contributed by atoms with Gasteiger partial charge in [0.05, 0.1) is 12.1 Å². The number of benzene rings is 1. The van der Waals surface area contributed by atoms with Gasteiger partial charge in [-0.25, -0.2) is 4.39 Å². The van der Waals surface area contributed by atoms with Crippen LogP contribution in [0.4, 0.5) is 10.1 Å². The first kappa shape index (κ1) is 13.8. The Morgan fingerprint density at radius 1 is 1.60 bits per heavy atom. The van der Waals surface area contributed by atoms with Gasteiger partial charge in [-0.05, 0) is 12.1 Å². The second-order valence-corrected chi connectivity index (χ2v) is 4.34. The van der Waals surface area contributed by atoms with E-state index in [4.69, 9.17) is 10.4 Å². The van der Waals surface area contributed by atoms with Crippen molar-refractivity contribution in [3.8, 4) is 6.07 Å². The van der Waals surface area contributed by atoms with Gasteiger partial charge in [0.25, 0.3) is 0 Å². The van der Waals surface area contributed by atoms with E-state index in [0.29, 0.717) is 13.1 Å². The van der Waals surface area contributed by atoms with Crippen molar-refractivity contribution >= 4 is 17.6 Å². The maximum atomic E-state index is 13.6. The highest BCUT2D eigenvalue weighted by molar-refractivity contribution is 5.90. The van der Waals surface area contributed by atoms with Crippen molar-refractivity contribution in [2.24, 2.45) is 0 Å². The number of rotatable bonds is 3. The Hall–Kier alpha value is -2.62. The zero-order valence-corrected chi connectivity index (χ0v) is 10.5. The summed E-state index contributed by atoms with van der Waals surface area (Å²) in [7, 11) is 0. The molecule has 1 aromatic carbocycles. The quantitative estimate of drug-likeness (QED) is 0.838. The van der Waals surface area contributed by atoms with Gasteiger partial charge in [-0.15, -0.1) is 0 Å². The molecule has 1 heterocycles. The standard InChI is InChI=1S/C13H12FN3O3/c14-9-2-1-3-10(8(9)7-15)17-5-4-16-13(20)11(17)6-12(18)19/h1-3,11H,4-6H2,(H,16,20)(H,18,19). The number of halogens is 1. The van der Waals surface area contributed by atoms with Gasteiger partial charge in [0.1, 0.15) is 23.5 Å². The third-order valence-electron chi connectivity index (χ3n) is 3.11. The van der Waals surface area contributed by atoms with Crippen molar-refractivity contribution in [3.05, 3.63) is 29.6 Å². The van der Waals surface area contributed by atoms with E-state index in [-0.39, 0.29) is 11.3 Å². The lowest BCUT2D eigenvalue weighted by Crippen LogP contribution is -2.56. The number of anilines is 1. The smallest absolute Gasteiger partial charge is 0.305 e. The predicted octanol–water partition coefficient (Wildman–Crippen LogP) is 0.477. The van der Waals surface area contributed by atoms with Gasteiger partial charge >= 0.3 is 5.97 Å². The molecule has 104 valence electrons. The molecular weight excluding hydrogens is 265 g/mol. The molecule has 0 saturated carbocycles. The molecule has 0 bridgehead atoms. The fraction of sp³-hybridized carbons (Fsp3) is 0.308. The first-order valence-electron chi connectivity index (χ1n) is 5.99. The molecule has 1 saturated heterocycles. The number of carboxylic acids is 1. The van der Waals surface area contributed by atoms with Crippen molar-refractivity contribution < 1.29 is 19.1 Å². The van der Waals surface area contributed by atoms with Gasteiger partial charge in [0.2, 0.25) is 5.91 Å². The van der Waals surface area contributed by atoms with Crippen LogP contribution in [0.25, 0.3) is 0 Å². The van der Waals surface area contributed by atoms with Crippen molar-refractivity contribution in [2.45, 2.75) is 12.5 Å². The van der Waals surface area contributed by atoms with E-state index in [1.807, 2.05) is 0 Å². The number of hydrogen-bond acceptors (Lipinski definition) is 4. The third-order valence-corrected chi connectivity index (χ3v) is 3.11. The molecule has 1 aliphatic rings. The van der Waals surface area contributed by atoms with E-state index in [0.717, 1.165) is 6.07 Å². The Labute approximate surface area is 114 Å². The highest BCUT2D eigenvalue weighted by atomic mass is 19.1. The number of nitrogens with zero attached hydrogens (tertiary/aromatic N) is 2. The number of amides is 1. The van der Waals surface area contributed by atoms with E-state index in [9.17, 15) is 14.0 Å². The van der Waals surface area contributed by atoms with Crippen LogP contribution in [0.5, 0.6) is 0 Å². The van der Waals surface area contributed by atoms with E-state index in [1.165, 1.54) is 17.0 Å². The van der Waals surface area contributed by atoms with E-state index in [2.05, 4.69) is 5.32 Å². The molecule has 7 heteroatoms. The molecule has 6 nitrogen and oxygen atoms in total. The van der Waals surface area contributed by atoms with E-state index in [1.54, 1.807) is 6.07 Å². The molecule has 20 heavy (non-hydrogen) atoms. The van der Waals surface area contributed by atoms with Crippen molar-refractivity contribution in [2.75, 3.05) is 18.0 Å². The Balaban J connectivity index is 2.43. The lowest BCUT2D eigenvalue weighted by molar-refractivity contribution is -0.139. The topological polar surface area (TPSA) is 93.4 Å². The molecule has 1 amide bonds. The molecule has 0 aromatic heterocycles. The van der Waals surface area contributed by atoms with E-state index >= 15 is 0 Å². The summed E-state index contributed by atoms with van der Waals surface area (Å²) in [4.78, 5) is 24.1. The Morgan fingerprint density at radius 2 is 2.35 bits per heavy atom. The van der Waals surface area contributed by atoms with Gasteiger partial charge < -0.3 is 15.3 Å². The SMILES string of the molecule is N#Cc1c(F)cccc1N1CCNC(=O)C1CC(=O)O. The van der Waals surface area contributed by atoms with Crippen molar-refractivity contribution in [1.82, 2.24) is 5.32 Å². The summed E-state index contributed by atoms with van der Waals surface area (Å²) in [6.07, 6.45) is -0.410. The monoisotopic (exact) mass is 277 g/mol. The molecule has 2 N–H and O–H groups in total. The number of hydrogen-bond donors (Lipinski definition) is 2. The minimum Gasteiger partial charge on any atom is -0.481 e. The van der Waals surface area contributed by atoms with Crippen LogP contribution < -0.4 is 10.2 Å². The lowest BCUT2D eigenvalue weighted by atomic mass is 10.0. The van der Waals surface area contributed by atoms with Crippen LogP contribution in [-0.4, -0.2) is 36.1 Å². The number of carbonyl (C=O) groups is 2. The van der Waals surface area contributed by atoms with Crippen LogP contribution >= 0.6 is 0 Å². The zero-order chi connectivity index (χ0) is 14.7. The van der Waals surface area contributed by atoms with Gasteiger partial charge in [-0.3, -0.25) is 9.59 Å². The average Bonchev–Trinajstić information content (AvgIpc) is 2.40. The van der Waals surface area contributed by atoms with E-state index < -0.39 is 30.2 Å². The first-order chi connectivity index (χ1) is 9.54. The van der Waals surface area contributed by atoms with Crippen LogP contribution in [0.2, 0.25) is 0 Å². The largest absolute Gasteiger partial charge is 0.481 e. The van der Waals surface area contributed by atoms with Crippen LogP contribution in [0.3, 0.4) is 0 Å². The number of nitrogens with one attached hydrogen (secondary N) is 1. The summed E-state index contributed by atoms with van der Waals surface area (Å²) in [6.45, 7) is 0.637. The Bertz CT molecular complexity index is 597. The second kappa shape index (κ2) is 5.57. The maximum absolute atomic E-state index is 13.6. The number of carbonyl (C=O) groups excluding carboxylic acids is 1. The van der Waals surface area contributed by atoms with Gasteiger partial charge in [0.15, 0.2) is 0 Å². The normalized spacial score (nSPS) is 18.3. The lowest BCUT2D eigenvalue weighted by Gasteiger charge is -2.36. The molecule has 2 rings (SSSR count). The summed E-state index contributed by atoms with van der Waals surface area (Å²) in [5, 5.41) is 20.5. The summed E-state index contributed by atoms with van der Waals surface area (Å²) in [5.74, 6) is -2.26. The molecule has 0 radical (unpaired) electrons. The third kappa shape index (κ3) is 2.54. The summed E-state index contributed by atoms with van der Waals surface area (Å²) in [5.41, 5.74) is 0.0613. The minimum absolute atomic E-state index is 0.183. The summed E-state index contributed by atoms with van der Waals surface area (Å²) in [6, 6.07) is 4.89. The second-order valence-electron chi connectivity index (χ2n) is 4.34. The first-order valence-corrected chi connectivity index (χ1v) is 5.99. The van der Waals surface area contributed by atoms with Crippen LogP contribution in [-0.2, 0) is 9.59 Å².